The molecule has 5 nitrogen and oxygen atoms in total. The molecule has 106 valence electrons. The van der Waals surface area contributed by atoms with E-state index in [0.717, 1.165) is 12.8 Å². The van der Waals surface area contributed by atoms with Crippen molar-refractivity contribution in [3.8, 4) is 0 Å². The lowest BCUT2D eigenvalue weighted by molar-refractivity contribution is -0.146. The average Bonchev–Trinajstić information content (AvgIpc) is 2.38. The van der Waals surface area contributed by atoms with Crippen LogP contribution in [-0.4, -0.2) is 35.2 Å². The van der Waals surface area contributed by atoms with Crippen molar-refractivity contribution in [2.24, 2.45) is 17.3 Å². The highest BCUT2D eigenvalue weighted by atomic mass is 16.4. The van der Waals surface area contributed by atoms with E-state index in [1.54, 1.807) is 6.92 Å². The Kier molecular flexibility index (Phi) is 6.91. The highest BCUT2D eigenvalue weighted by Crippen LogP contribution is 2.24. The number of aliphatic hydroxyl groups is 1. The van der Waals surface area contributed by atoms with Gasteiger partial charge in [0.05, 0.1) is 12.5 Å². The molecule has 5 heteroatoms. The van der Waals surface area contributed by atoms with Gasteiger partial charge < -0.3 is 15.5 Å². The number of hydrogen-bond acceptors (Lipinski definition) is 3. The van der Waals surface area contributed by atoms with E-state index in [4.69, 9.17) is 5.11 Å². The van der Waals surface area contributed by atoms with Gasteiger partial charge in [-0.05, 0) is 12.8 Å². The van der Waals surface area contributed by atoms with Crippen LogP contribution in [0.25, 0.3) is 0 Å². The number of aliphatic hydroxyl groups excluding tert-OH is 1. The number of carboxylic acid groups (broad SMARTS) is 1. The predicted octanol–water partition coefficient (Wildman–Crippen LogP) is 1.26. The van der Waals surface area contributed by atoms with Gasteiger partial charge in [-0.3, -0.25) is 9.59 Å². The summed E-state index contributed by atoms with van der Waals surface area (Å²) >= 11 is 0. The molecular formula is C13H25NO4. The Balaban J connectivity index is 4.45. The molecule has 0 bridgehead atoms. The molecule has 0 aliphatic heterocycles. The summed E-state index contributed by atoms with van der Waals surface area (Å²) in [5.74, 6) is -2.54. The fraction of sp³-hybridized carbons (Fsp3) is 0.846. The maximum absolute atomic E-state index is 11.8. The van der Waals surface area contributed by atoms with Crippen LogP contribution in [0.1, 0.15) is 40.5 Å². The lowest BCUT2D eigenvalue weighted by Gasteiger charge is -2.30. The third-order valence-corrected chi connectivity index (χ3v) is 4.03. The number of hydrogen-bond donors (Lipinski definition) is 3. The fourth-order valence-electron chi connectivity index (χ4n) is 1.66. The van der Waals surface area contributed by atoms with E-state index >= 15 is 0 Å². The Morgan fingerprint density at radius 2 is 1.67 bits per heavy atom. The van der Waals surface area contributed by atoms with Crippen molar-refractivity contribution in [3.05, 3.63) is 0 Å². The maximum Gasteiger partial charge on any atom is 0.307 e. The molecule has 0 saturated carbocycles. The van der Waals surface area contributed by atoms with E-state index in [9.17, 15) is 14.7 Å². The van der Waals surface area contributed by atoms with Gasteiger partial charge in [-0.2, -0.15) is 0 Å². The smallest absolute Gasteiger partial charge is 0.307 e. The third kappa shape index (κ3) is 4.29. The van der Waals surface area contributed by atoms with Gasteiger partial charge in [0, 0.05) is 17.9 Å². The standard InChI is InChI=1S/C13H25NO4/c1-5-13(6-2,8-15)7-14-11(16)9(3)10(4)12(17)18/h9-10,15H,5-8H2,1-4H3,(H,14,16)(H,17,18). The predicted molar refractivity (Wildman–Crippen MR) is 69.1 cm³/mol. The van der Waals surface area contributed by atoms with Crippen LogP contribution >= 0.6 is 0 Å². The third-order valence-electron chi connectivity index (χ3n) is 4.03. The van der Waals surface area contributed by atoms with Gasteiger partial charge in [-0.15, -0.1) is 0 Å². The molecule has 0 fully saturated rings. The van der Waals surface area contributed by atoms with Gasteiger partial charge in [-0.1, -0.05) is 27.7 Å². The normalized spacial score (nSPS) is 14.9. The summed E-state index contributed by atoms with van der Waals surface area (Å²) in [5.41, 5.74) is -0.304. The number of rotatable bonds is 8. The van der Waals surface area contributed by atoms with Crippen LogP contribution in [0, 0.1) is 17.3 Å². The van der Waals surface area contributed by atoms with Crippen molar-refractivity contribution >= 4 is 11.9 Å². The molecule has 0 aliphatic carbocycles. The van der Waals surface area contributed by atoms with Crippen molar-refractivity contribution in [2.45, 2.75) is 40.5 Å². The van der Waals surface area contributed by atoms with E-state index in [2.05, 4.69) is 5.32 Å². The van der Waals surface area contributed by atoms with E-state index in [1.807, 2.05) is 13.8 Å². The number of carbonyl (C=O) groups excluding carboxylic acids is 1. The summed E-state index contributed by atoms with van der Waals surface area (Å²) in [4.78, 5) is 22.6. The summed E-state index contributed by atoms with van der Waals surface area (Å²) in [6.45, 7) is 7.46. The highest BCUT2D eigenvalue weighted by molar-refractivity contribution is 5.84. The second kappa shape index (κ2) is 7.36. The van der Waals surface area contributed by atoms with E-state index in [-0.39, 0.29) is 17.9 Å². The number of carbonyl (C=O) groups is 2. The molecule has 2 atom stereocenters. The van der Waals surface area contributed by atoms with Crippen molar-refractivity contribution in [3.63, 3.8) is 0 Å². The monoisotopic (exact) mass is 259 g/mol. The first-order valence-corrected chi connectivity index (χ1v) is 6.45. The lowest BCUT2D eigenvalue weighted by atomic mass is 9.83. The minimum absolute atomic E-state index is 0.0170. The minimum Gasteiger partial charge on any atom is -0.481 e. The van der Waals surface area contributed by atoms with Crippen LogP contribution in [0.3, 0.4) is 0 Å². The second-order valence-corrected chi connectivity index (χ2v) is 5.00. The summed E-state index contributed by atoms with van der Waals surface area (Å²) in [6.07, 6.45) is 1.53. The molecule has 2 unspecified atom stereocenters. The second-order valence-electron chi connectivity index (χ2n) is 5.00. The zero-order valence-corrected chi connectivity index (χ0v) is 11.7. The Morgan fingerprint density at radius 3 is 2.00 bits per heavy atom. The molecular weight excluding hydrogens is 234 g/mol. The van der Waals surface area contributed by atoms with Crippen LogP contribution in [0.4, 0.5) is 0 Å². The quantitative estimate of drug-likeness (QED) is 0.612. The molecule has 0 aliphatic rings. The van der Waals surface area contributed by atoms with Gasteiger partial charge in [0.1, 0.15) is 0 Å². The molecule has 0 aromatic heterocycles. The van der Waals surface area contributed by atoms with Gasteiger partial charge >= 0.3 is 5.97 Å². The van der Waals surface area contributed by atoms with Crippen LogP contribution in [0.15, 0.2) is 0 Å². The largest absolute Gasteiger partial charge is 0.481 e. The molecule has 18 heavy (non-hydrogen) atoms. The summed E-state index contributed by atoms with van der Waals surface area (Å²) in [7, 11) is 0. The molecule has 0 rings (SSSR count). The number of amides is 1. The van der Waals surface area contributed by atoms with Crippen molar-refractivity contribution in [1.82, 2.24) is 5.32 Å². The first kappa shape index (κ1) is 16.9. The van der Waals surface area contributed by atoms with Gasteiger partial charge in [-0.25, -0.2) is 0 Å². The number of nitrogens with one attached hydrogen (secondary N) is 1. The Bertz CT molecular complexity index is 278. The zero-order valence-electron chi connectivity index (χ0n) is 11.7. The van der Waals surface area contributed by atoms with Crippen LogP contribution < -0.4 is 5.32 Å². The molecule has 0 aromatic rings. The topological polar surface area (TPSA) is 86.6 Å². The first-order chi connectivity index (χ1) is 8.33. The molecule has 1 amide bonds. The molecule has 0 aromatic carbocycles. The highest BCUT2D eigenvalue weighted by Gasteiger charge is 2.29. The maximum atomic E-state index is 11.8. The molecule has 0 radical (unpaired) electrons. The van der Waals surface area contributed by atoms with Gasteiger partial charge in [0.25, 0.3) is 0 Å². The Labute approximate surface area is 109 Å². The minimum atomic E-state index is -0.975. The Hall–Kier alpha value is -1.10. The van der Waals surface area contributed by atoms with Crippen molar-refractivity contribution in [2.75, 3.05) is 13.2 Å². The summed E-state index contributed by atoms with van der Waals surface area (Å²) < 4.78 is 0. The van der Waals surface area contributed by atoms with E-state index in [1.165, 1.54) is 6.92 Å². The van der Waals surface area contributed by atoms with Crippen LogP contribution in [0.5, 0.6) is 0 Å². The first-order valence-electron chi connectivity index (χ1n) is 6.45. The zero-order chi connectivity index (χ0) is 14.3. The molecule has 0 saturated heterocycles. The Morgan fingerprint density at radius 1 is 1.17 bits per heavy atom. The molecule has 0 spiro atoms. The molecule has 0 heterocycles. The lowest BCUT2D eigenvalue weighted by Crippen LogP contribution is -2.43. The van der Waals surface area contributed by atoms with E-state index < -0.39 is 17.8 Å². The van der Waals surface area contributed by atoms with Crippen LogP contribution in [-0.2, 0) is 9.59 Å². The average molecular weight is 259 g/mol. The summed E-state index contributed by atoms with van der Waals surface area (Å²) in [5, 5.41) is 21.0. The van der Waals surface area contributed by atoms with Crippen LogP contribution in [0.2, 0.25) is 0 Å². The fourth-order valence-corrected chi connectivity index (χ4v) is 1.66. The number of aliphatic carboxylic acids is 1. The molecule has 3 N–H and O–H groups in total. The SMILES string of the molecule is CCC(CC)(CO)CNC(=O)C(C)C(C)C(=O)O. The van der Waals surface area contributed by atoms with Gasteiger partial charge in [0.15, 0.2) is 0 Å². The van der Waals surface area contributed by atoms with Crippen molar-refractivity contribution in [1.29, 1.82) is 0 Å². The number of carboxylic acids is 1. The van der Waals surface area contributed by atoms with Gasteiger partial charge in [0.2, 0.25) is 5.91 Å². The summed E-state index contributed by atoms with van der Waals surface area (Å²) in [6, 6.07) is 0. The van der Waals surface area contributed by atoms with Crippen molar-refractivity contribution < 1.29 is 19.8 Å². The van der Waals surface area contributed by atoms with E-state index in [0.29, 0.717) is 6.54 Å².